The van der Waals surface area contributed by atoms with Crippen molar-refractivity contribution in [3.63, 3.8) is 0 Å². The second-order valence-corrected chi connectivity index (χ2v) is 4.78. The number of hydrogen-bond acceptors (Lipinski definition) is 2. The summed E-state index contributed by atoms with van der Waals surface area (Å²) in [6, 6.07) is 0.267. The quantitative estimate of drug-likeness (QED) is 0.697. The van der Waals surface area contributed by atoms with Crippen LogP contribution in [0.4, 0.5) is 0 Å². The minimum absolute atomic E-state index is 0.233. The van der Waals surface area contributed by atoms with Crippen LogP contribution in [0.2, 0.25) is 0 Å². The Morgan fingerprint density at radius 3 is 2.64 bits per heavy atom. The van der Waals surface area contributed by atoms with Gasteiger partial charge in [-0.25, -0.2) is 0 Å². The van der Waals surface area contributed by atoms with Gasteiger partial charge in [-0.2, -0.15) is 0 Å². The fraction of sp³-hybridized carbons (Fsp3) is 0.900. The van der Waals surface area contributed by atoms with Crippen LogP contribution < -0.4 is 10.6 Å². The van der Waals surface area contributed by atoms with Crippen LogP contribution in [-0.2, 0) is 4.74 Å². The van der Waals surface area contributed by atoms with Gasteiger partial charge in [0.1, 0.15) is 0 Å². The Balaban J connectivity index is 2.21. The molecule has 0 spiro atoms. The van der Waals surface area contributed by atoms with E-state index in [9.17, 15) is 0 Å². The lowest BCUT2D eigenvalue weighted by Crippen LogP contribution is -2.55. The van der Waals surface area contributed by atoms with Crippen molar-refractivity contribution in [2.75, 3.05) is 13.7 Å². The highest BCUT2D eigenvalue weighted by Crippen LogP contribution is 2.30. The van der Waals surface area contributed by atoms with Crippen molar-refractivity contribution in [2.24, 2.45) is 0 Å². The first-order chi connectivity index (χ1) is 6.56. The number of nitrogens with one attached hydrogen (secondary N) is 2. The molecule has 82 valence electrons. The molecule has 0 bridgehead atoms. The van der Waals surface area contributed by atoms with E-state index >= 15 is 0 Å². The third kappa shape index (κ3) is 3.42. The molecule has 4 heteroatoms. The number of methoxy groups -OCH3 is 1. The third-order valence-electron chi connectivity index (χ3n) is 2.67. The van der Waals surface area contributed by atoms with E-state index in [1.807, 2.05) is 0 Å². The van der Waals surface area contributed by atoms with Gasteiger partial charge >= 0.3 is 0 Å². The first kappa shape index (κ1) is 11.7. The molecule has 0 radical (unpaired) electrons. The molecular formula is C10H20N2OS. The summed E-state index contributed by atoms with van der Waals surface area (Å²) in [6.45, 7) is 4.95. The molecule has 0 aromatic heterocycles. The Labute approximate surface area is 91.6 Å². The molecule has 3 nitrogen and oxygen atoms in total. The molecule has 0 amide bonds. The van der Waals surface area contributed by atoms with Gasteiger partial charge in [0, 0.05) is 18.7 Å². The summed E-state index contributed by atoms with van der Waals surface area (Å²) in [7, 11) is 1.70. The molecule has 0 heterocycles. The van der Waals surface area contributed by atoms with Crippen LogP contribution in [-0.4, -0.2) is 30.4 Å². The van der Waals surface area contributed by atoms with E-state index in [1.165, 1.54) is 19.3 Å². The average molecular weight is 216 g/mol. The number of ether oxygens (including phenoxy) is 1. The van der Waals surface area contributed by atoms with E-state index in [1.54, 1.807) is 7.11 Å². The largest absolute Gasteiger partial charge is 0.383 e. The molecule has 0 saturated heterocycles. The summed E-state index contributed by atoms with van der Waals surface area (Å²) < 4.78 is 5.03. The Morgan fingerprint density at radius 2 is 2.21 bits per heavy atom. The minimum Gasteiger partial charge on any atom is -0.383 e. The van der Waals surface area contributed by atoms with Crippen molar-refractivity contribution >= 4 is 17.3 Å². The highest BCUT2D eigenvalue weighted by Gasteiger charge is 2.32. The molecule has 1 aliphatic carbocycles. The Hall–Kier alpha value is -0.350. The van der Waals surface area contributed by atoms with Gasteiger partial charge in [0.15, 0.2) is 5.11 Å². The maximum atomic E-state index is 5.21. The Kier molecular flexibility index (Phi) is 4.13. The van der Waals surface area contributed by atoms with Gasteiger partial charge in [-0.1, -0.05) is 0 Å². The van der Waals surface area contributed by atoms with Gasteiger partial charge in [-0.15, -0.1) is 0 Å². The van der Waals surface area contributed by atoms with Crippen molar-refractivity contribution < 1.29 is 4.74 Å². The van der Waals surface area contributed by atoms with Crippen molar-refractivity contribution in [3.8, 4) is 0 Å². The highest BCUT2D eigenvalue weighted by atomic mass is 32.1. The first-order valence-electron chi connectivity index (χ1n) is 5.13. The fourth-order valence-corrected chi connectivity index (χ4v) is 2.11. The summed E-state index contributed by atoms with van der Waals surface area (Å²) in [5.41, 5.74) is 0.233. The van der Waals surface area contributed by atoms with Gasteiger partial charge in [0.2, 0.25) is 0 Å². The molecule has 1 unspecified atom stereocenters. The standard InChI is InChI=1S/C10H20N2OS/c1-8(7-13-3)11-9(14)12-10(2)5-4-6-10/h8H,4-7H2,1-3H3,(H2,11,12,14). The monoisotopic (exact) mass is 216 g/mol. The molecule has 1 fully saturated rings. The van der Waals surface area contributed by atoms with Crippen molar-refractivity contribution in [1.29, 1.82) is 0 Å². The lowest BCUT2D eigenvalue weighted by molar-refractivity contribution is 0.178. The zero-order valence-electron chi connectivity index (χ0n) is 9.22. The van der Waals surface area contributed by atoms with Crippen LogP contribution in [0.25, 0.3) is 0 Å². The average Bonchev–Trinajstić information content (AvgIpc) is 2.01. The second kappa shape index (κ2) is 4.94. The van der Waals surface area contributed by atoms with Crippen LogP contribution in [0.3, 0.4) is 0 Å². The topological polar surface area (TPSA) is 33.3 Å². The number of thiocarbonyl (C=S) groups is 1. The zero-order chi connectivity index (χ0) is 10.6. The summed E-state index contributed by atoms with van der Waals surface area (Å²) in [5, 5.41) is 7.29. The van der Waals surface area contributed by atoms with Crippen molar-refractivity contribution in [2.45, 2.75) is 44.7 Å². The van der Waals surface area contributed by atoms with Crippen LogP contribution >= 0.6 is 12.2 Å². The maximum Gasteiger partial charge on any atom is 0.167 e. The summed E-state index contributed by atoms with van der Waals surface area (Å²) in [5.74, 6) is 0. The van der Waals surface area contributed by atoms with Crippen LogP contribution in [0.1, 0.15) is 33.1 Å². The van der Waals surface area contributed by atoms with Crippen molar-refractivity contribution in [3.05, 3.63) is 0 Å². The maximum absolute atomic E-state index is 5.21. The smallest absolute Gasteiger partial charge is 0.167 e. The second-order valence-electron chi connectivity index (χ2n) is 4.37. The Morgan fingerprint density at radius 1 is 1.57 bits per heavy atom. The normalized spacial score (nSPS) is 20.8. The van der Waals surface area contributed by atoms with E-state index in [4.69, 9.17) is 17.0 Å². The summed E-state index contributed by atoms with van der Waals surface area (Å²) in [6.07, 6.45) is 3.74. The lowest BCUT2D eigenvalue weighted by Gasteiger charge is -2.40. The predicted molar refractivity (Wildman–Crippen MR) is 62.5 cm³/mol. The third-order valence-corrected chi connectivity index (χ3v) is 2.89. The van der Waals surface area contributed by atoms with Gasteiger partial charge in [0.05, 0.1) is 6.61 Å². The van der Waals surface area contributed by atoms with Crippen LogP contribution in [0.15, 0.2) is 0 Å². The van der Waals surface area contributed by atoms with E-state index in [-0.39, 0.29) is 11.6 Å². The van der Waals surface area contributed by atoms with Crippen LogP contribution in [0, 0.1) is 0 Å². The molecule has 1 rings (SSSR count). The number of hydrogen-bond donors (Lipinski definition) is 2. The lowest BCUT2D eigenvalue weighted by atomic mass is 9.79. The highest BCUT2D eigenvalue weighted by molar-refractivity contribution is 7.80. The molecule has 2 N–H and O–H groups in total. The van der Waals surface area contributed by atoms with Gasteiger partial charge < -0.3 is 15.4 Å². The summed E-state index contributed by atoms with van der Waals surface area (Å²) in [4.78, 5) is 0. The molecule has 14 heavy (non-hydrogen) atoms. The SMILES string of the molecule is COCC(C)NC(=S)NC1(C)CCC1. The Bertz CT molecular complexity index is 204. The van der Waals surface area contributed by atoms with Crippen molar-refractivity contribution in [1.82, 2.24) is 10.6 Å². The van der Waals surface area contributed by atoms with E-state index in [0.29, 0.717) is 6.61 Å². The molecule has 0 aromatic carbocycles. The van der Waals surface area contributed by atoms with E-state index in [2.05, 4.69) is 24.5 Å². The van der Waals surface area contributed by atoms with Crippen LogP contribution in [0.5, 0.6) is 0 Å². The first-order valence-corrected chi connectivity index (χ1v) is 5.54. The van der Waals surface area contributed by atoms with Gasteiger partial charge in [-0.05, 0) is 45.3 Å². The van der Waals surface area contributed by atoms with E-state index < -0.39 is 0 Å². The zero-order valence-corrected chi connectivity index (χ0v) is 10.0. The predicted octanol–water partition coefficient (Wildman–Crippen LogP) is 1.43. The molecule has 1 saturated carbocycles. The molecule has 0 aliphatic heterocycles. The molecular weight excluding hydrogens is 196 g/mol. The molecule has 0 aromatic rings. The van der Waals surface area contributed by atoms with Gasteiger partial charge in [-0.3, -0.25) is 0 Å². The number of rotatable bonds is 4. The fourth-order valence-electron chi connectivity index (χ4n) is 1.66. The van der Waals surface area contributed by atoms with Gasteiger partial charge in [0.25, 0.3) is 0 Å². The molecule has 1 aliphatic rings. The summed E-state index contributed by atoms with van der Waals surface area (Å²) >= 11 is 5.21. The van der Waals surface area contributed by atoms with E-state index in [0.717, 1.165) is 5.11 Å². The minimum atomic E-state index is 0.233. The molecule has 1 atom stereocenters.